The fraction of sp³-hybridized carbons (Fsp3) is 0.600. The molecular formula is C15H23FN2O4S. The second kappa shape index (κ2) is 7.57. The third-order valence-corrected chi connectivity index (χ3v) is 5.11. The molecule has 8 heteroatoms. The van der Waals surface area contributed by atoms with E-state index in [1.165, 1.54) is 19.2 Å². The molecule has 1 aliphatic heterocycles. The maximum atomic E-state index is 13.6. The lowest BCUT2D eigenvalue weighted by Gasteiger charge is -2.35. The van der Waals surface area contributed by atoms with Crippen molar-refractivity contribution >= 4 is 10.0 Å². The van der Waals surface area contributed by atoms with Gasteiger partial charge in [0, 0.05) is 26.2 Å². The highest BCUT2D eigenvalue weighted by Crippen LogP contribution is 2.20. The normalized spacial score (nSPS) is 23.0. The molecule has 1 fully saturated rings. The number of methoxy groups -OCH3 is 1. The van der Waals surface area contributed by atoms with E-state index in [4.69, 9.17) is 9.47 Å². The van der Waals surface area contributed by atoms with Crippen LogP contribution in [0.4, 0.5) is 4.39 Å². The summed E-state index contributed by atoms with van der Waals surface area (Å²) in [6.45, 7) is 6.36. The van der Waals surface area contributed by atoms with Gasteiger partial charge in [-0.25, -0.2) is 17.5 Å². The molecule has 0 aromatic heterocycles. The molecule has 1 aromatic carbocycles. The molecule has 0 unspecified atom stereocenters. The Morgan fingerprint density at radius 3 is 2.57 bits per heavy atom. The van der Waals surface area contributed by atoms with Crippen LogP contribution in [0.2, 0.25) is 0 Å². The minimum Gasteiger partial charge on any atom is -0.494 e. The highest BCUT2D eigenvalue weighted by atomic mass is 32.2. The van der Waals surface area contributed by atoms with E-state index >= 15 is 0 Å². The van der Waals surface area contributed by atoms with Crippen LogP contribution >= 0.6 is 0 Å². The largest absolute Gasteiger partial charge is 0.494 e. The first kappa shape index (κ1) is 18.1. The quantitative estimate of drug-likeness (QED) is 0.839. The predicted octanol–water partition coefficient (Wildman–Crippen LogP) is 1.22. The summed E-state index contributed by atoms with van der Waals surface area (Å²) in [6.07, 6.45) is 0.261. The number of nitrogens with one attached hydrogen (secondary N) is 1. The number of hydrogen-bond acceptors (Lipinski definition) is 5. The van der Waals surface area contributed by atoms with E-state index in [0.29, 0.717) is 6.54 Å². The van der Waals surface area contributed by atoms with Crippen molar-refractivity contribution in [3.63, 3.8) is 0 Å². The van der Waals surface area contributed by atoms with Crippen molar-refractivity contribution in [1.82, 2.24) is 9.62 Å². The molecule has 1 heterocycles. The van der Waals surface area contributed by atoms with Crippen LogP contribution in [0.15, 0.2) is 23.1 Å². The number of nitrogens with zero attached hydrogens (tertiary/aromatic N) is 1. The molecule has 0 saturated carbocycles. The zero-order valence-electron chi connectivity index (χ0n) is 13.6. The summed E-state index contributed by atoms with van der Waals surface area (Å²) in [5.74, 6) is -0.688. The molecule has 0 aliphatic carbocycles. The molecule has 23 heavy (non-hydrogen) atoms. The van der Waals surface area contributed by atoms with Gasteiger partial charge in [0.05, 0.1) is 24.2 Å². The fourth-order valence-electron chi connectivity index (χ4n) is 2.70. The van der Waals surface area contributed by atoms with E-state index in [9.17, 15) is 12.8 Å². The second-order valence-electron chi connectivity index (χ2n) is 5.71. The van der Waals surface area contributed by atoms with Crippen LogP contribution in [0.1, 0.15) is 13.8 Å². The van der Waals surface area contributed by atoms with Gasteiger partial charge in [0.1, 0.15) is 0 Å². The molecule has 1 N–H and O–H groups in total. The summed E-state index contributed by atoms with van der Waals surface area (Å²) in [4.78, 5) is 2.04. The molecule has 2 atom stereocenters. The standard InChI is InChI=1S/C15H23FN2O4S/c1-11-9-18(10-12(2)22-11)7-6-17-23(19,20)13-4-5-15(21-3)14(16)8-13/h4-5,8,11-12,17H,6-7,9-10H2,1-3H3/t11-,12-/m1/s1. The predicted molar refractivity (Wildman–Crippen MR) is 84.6 cm³/mol. The molecule has 0 radical (unpaired) electrons. The van der Waals surface area contributed by atoms with Crippen molar-refractivity contribution in [2.45, 2.75) is 31.0 Å². The number of rotatable bonds is 6. The molecule has 1 aliphatic rings. The highest BCUT2D eigenvalue weighted by Gasteiger charge is 2.22. The molecule has 130 valence electrons. The van der Waals surface area contributed by atoms with Gasteiger partial charge in [-0.1, -0.05) is 0 Å². The topological polar surface area (TPSA) is 67.9 Å². The van der Waals surface area contributed by atoms with Crippen LogP contribution in [-0.2, 0) is 14.8 Å². The maximum Gasteiger partial charge on any atom is 0.240 e. The number of hydrogen-bond donors (Lipinski definition) is 1. The Labute approximate surface area is 136 Å². The van der Waals surface area contributed by atoms with E-state index in [1.54, 1.807) is 0 Å². The maximum absolute atomic E-state index is 13.6. The number of ether oxygens (including phenoxy) is 2. The van der Waals surface area contributed by atoms with Crippen LogP contribution in [0, 0.1) is 5.82 Å². The average molecular weight is 346 g/mol. The van der Waals surface area contributed by atoms with Gasteiger partial charge in [0.15, 0.2) is 11.6 Å². The Morgan fingerprint density at radius 1 is 1.35 bits per heavy atom. The van der Waals surface area contributed by atoms with Crippen molar-refractivity contribution in [3.8, 4) is 5.75 Å². The molecule has 1 saturated heterocycles. The minimum absolute atomic E-state index is 0.0141. The van der Waals surface area contributed by atoms with Gasteiger partial charge in [0.25, 0.3) is 0 Å². The van der Waals surface area contributed by atoms with Crippen LogP contribution < -0.4 is 9.46 Å². The Bertz CT molecular complexity index is 628. The van der Waals surface area contributed by atoms with E-state index in [-0.39, 0.29) is 29.4 Å². The molecule has 1 aromatic rings. The number of benzene rings is 1. The zero-order chi connectivity index (χ0) is 17.0. The molecule has 0 spiro atoms. The molecule has 0 amide bonds. The van der Waals surface area contributed by atoms with Gasteiger partial charge in [-0.2, -0.15) is 0 Å². The third kappa shape index (κ3) is 4.87. The highest BCUT2D eigenvalue weighted by molar-refractivity contribution is 7.89. The van der Waals surface area contributed by atoms with Crippen LogP contribution in [0.3, 0.4) is 0 Å². The smallest absolute Gasteiger partial charge is 0.240 e. The minimum atomic E-state index is -3.74. The Morgan fingerprint density at radius 2 is 2.00 bits per heavy atom. The lowest BCUT2D eigenvalue weighted by Crippen LogP contribution is -2.47. The zero-order valence-corrected chi connectivity index (χ0v) is 14.4. The molecule has 2 rings (SSSR count). The summed E-state index contributed by atoms with van der Waals surface area (Å²) >= 11 is 0. The number of morpholine rings is 1. The lowest BCUT2D eigenvalue weighted by molar-refractivity contribution is -0.0671. The van der Waals surface area contributed by atoms with Crippen LogP contribution in [0.25, 0.3) is 0 Å². The second-order valence-corrected chi connectivity index (χ2v) is 7.48. The first-order chi connectivity index (χ1) is 10.8. The van der Waals surface area contributed by atoms with Crippen molar-refractivity contribution < 1.29 is 22.3 Å². The SMILES string of the molecule is COc1ccc(S(=O)(=O)NCCN2C[C@@H](C)O[C@H](C)C2)cc1F. The van der Waals surface area contributed by atoms with E-state index in [0.717, 1.165) is 19.2 Å². The Kier molecular flexibility index (Phi) is 5.96. The van der Waals surface area contributed by atoms with Crippen molar-refractivity contribution in [2.75, 3.05) is 33.3 Å². The first-order valence-corrected chi connectivity index (χ1v) is 9.01. The first-order valence-electron chi connectivity index (χ1n) is 7.53. The van der Waals surface area contributed by atoms with E-state index in [1.807, 2.05) is 13.8 Å². The summed E-state index contributed by atoms with van der Waals surface area (Å²) in [6, 6.07) is 3.58. The molecular weight excluding hydrogens is 323 g/mol. The fourth-order valence-corrected chi connectivity index (χ4v) is 3.74. The van der Waals surface area contributed by atoms with Gasteiger partial charge in [-0.3, -0.25) is 4.90 Å². The molecule has 6 nitrogen and oxygen atoms in total. The third-order valence-electron chi connectivity index (χ3n) is 3.65. The summed E-state index contributed by atoms with van der Waals surface area (Å²) < 4.78 is 50.9. The summed E-state index contributed by atoms with van der Waals surface area (Å²) in [7, 11) is -2.41. The summed E-state index contributed by atoms with van der Waals surface area (Å²) in [5, 5.41) is 0. The Balaban J connectivity index is 1.92. The van der Waals surface area contributed by atoms with E-state index < -0.39 is 15.8 Å². The van der Waals surface area contributed by atoms with Crippen molar-refractivity contribution in [3.05, 3.63) is 24.0 Å². The van der Waals surface area contributed by atoms with Gasteiger partial charge in [0.2, 0.25) is 10.0 Å². The van der Waals surface area contributed by atoms with E-state index in [2.05, 4.69) is 9.62 Å². The molecule has 0 bridgehead atoms. The van der Waals surface area contributed by atoms with Gasteiger partial charge < -0.3 is 9.47 Å². The number of sulfonamides is 1. The summed E-state index contributed by atoms with van der Waals surface area (Å²) in [5.41, 5.74) is 0. The van der Waals surface area contributed by atoms with Gasteiger partial charge >= 0.3 is 0 Å². The lowest BCUT2D eigenvalue weighted by atomic mass is 10.2. The monoisotopic (exact) mass is 346 g/mol. The Hall–Kier alpha value is -1.22. The van der Waals surface area contributed by atoms with Crippen molar-refractivity contribution in [1.29, 1.82) is 0 Å². The van der Waals surface area contributed by atoms with Crippen LogP contribution in [0.5, 0.6) is 5.75 Å². The van der Waals surface area contributed by atoms with Crippen molar-refractivity contribution in [2.24, 2.45) is 0 Å². The van der Waals surface area contributed by atoms with Gasteiger partial charge in [-0.05, 0) is 32.0 Å². The van der Waals surface area contributed by atoms with Gasteiger partial charge in [-0.15, -0.1) is 0 Å². The average Bonchev–Trinajstić information content (AvgIpc) is 2.46. The van der Waals surface area contributed by atoms with Crippen LogP contribution in [-0.4, -0.2) is 58.8 Å². The number of halogens is 1.